The number of aliphatic hydroxyl groups excluding tert-OH is 2. The summed E-state index contributed by atoms with van der Waals surface area (Å²) in [4.78, 5) is 10.7. The van der Waals surface area contributed by atoms with Gasteiger partial charge in [0, 0.05) is 6.54 Å². The van der Waals surface area contributed by atoms with E-state index in [0.717, 1.165) is 0 Å². The Labute approximate surface area is 66.2 Å². The third-order valence-electron chi connectivity index (χ3n) is 1.36. The maximum absolute atomic E-state index is 10.7. The molecule has 66 valence electrons. The van der Waals surface area contributed by atoms with E-state index >= 15 is 0 Å². The van der Waals surface area contributed by atoms with Crippen molar-refractivity contribution in [3.63, 3.8) is 0 Å². The van der Waals surface area contributed by atoms with Gasteiger partial charge >= 0.3 is 0 Å². The van der Waals surface area contributed by atoms with Crippen LogP contribution in [0.15, 0.2) is 0 Å². The maximum atomic E-state index is 10.7. The molecule has 0 saturated heterocycles. The molecule has 0 heterocycles. The van der Waals surface area contributed by atoms with E-state index in [0.29, 0.717) is 6.42 Å². The van der Waals surface area contributed by atoms with Gasteiger partial charge in [-0.15, -0.1) is 0 Å². The summed E-state index contributed by atoms with van der Waals surface area (Å²) in [6.45, 7) is 3.41. The summed E-state index contributed by atoms with van der Waals surface area (Å²) in [5, 5.41) is 20.1. The highest BCUT2D eigenvalue weighted by Crippen LogP contribution is 1.87. The van der Waals surface area contributed by atoms with Crippen LogP contribution in [0.5, 0.6) is 0 Å². The van der Waals surface area contributed by atoms with Crippen molar-refractivity contribution in [1.82, 2.24) is 5.32 Å². The van der Waals surface area contributed by atoms with Crippen molar-refractivity contribution >= 4 is 5.91 Å². The van der Waals surface area contributed by atoms with Crippen LogP contribution >= 0.6 is 0 Å². The molecular weight excluding hydrogens is 146 g/mol. The largest absolute Gasteiger partial charge is 0.391 e. The number of carbonyl (C=O) groups is 1. The van der Waals surface area contributed by atoms with Crippen LogP contribution in [0.2, 0.25) is 0 Å². The fourth-order valence-electron chi connectivity index (χ4n) is 0.510. The Balaban J connectivity index is 3.46. The van der Waals surface area contributed by atoms with Crippen molar-refractivity contribution in [3.05, 3.63) is 0 Å². The Morgan fingerprint density at radius 2 is 2.09 bits per heavy atom. The molecule has 4 nitrogen and oxygen atoms in total. The van der Waals surface area contributed by atoms with E-state index in [1.807, 2.05) is 6.92 Å². The Morgan fingerprint density at radius 1 is 1.55 bits per heavy atom. The molecule has 0 aliphatic rings. The first-order valence-corrected chi connectivity index (χ1v) is 3.71. The highest BCUT2D eigenvalue weighted by Gasteiger charge is 2.09. The van der Waals surface area contributed by atoms with Gasteiger partial charge < -0.3 is 15.5 Å². The molecule has 0 bridgehead atoms. The van der Waals surface area contributed by atoms with Crippen LogP contribution in [0, 0.1) is 0 Å². The van der Waals surface area contributed by atoms with Crippen molar-refractivity contribution in [2.75, 3.05) is 6.54 Å². The van der Waals surface area contributed by atoms with Crippen LogP contribution in [-0.2, 0) is 4.79 Å². The third-order valence-corrected chi connectivity index (χ3v) is 1.36. The molecule has 0 fully saturated rings. The highest BCUT2D eigenvalue weighted by atomic mass is 16.3. The number of aliphatic hydroxyl groups is 2. The van der Waals surface area contributed by atoms with Gasteiger partial charge in [-0.25, -0.2) is 0 Å². The average molecular weight is 161 g/mol. The fourth-order valence-corrected chi connectivity index (χ4v) is 0.510. The number of amides is 1. The molecule has 1 amide bonds. The minimum absolute atomic E-state index is 0.209. The number of hydrogen-bond acceptors (Lipinski definition) is 3. The molecule has 11 heavy (non-hydrogen) atoms. The normalized spacial score (nSPS) is 15.6. The molecular formula is C7H15NO3. The molecule has 0 aromatic rings. The van der Waals surface area contributed by atoms with Crippen LogP contribution < -0.4 is 5.32 Å². The maximum Gasteiger partial charge on any atom is 0.248 e. The first-order chi connectivity index (χ1) is 5.07. The monoisotopic (exact) mass is 161 g/mol. The summed E-state index contributed by atoms with van der Waals surface area (Å²) in [7, 11) is 0. The summed E-state index contributed by atoms with van der Waals surface area (Å²) < 4.78 is 0. The van der Waals surface area contributed by atoms with Gasteiger partial charge in [0.25, 0.3) is 0 Å². The Kier molecular flexibility index (Phi) is 4.81. The first kappa shape index (κ1) is 10.4. The fraction of sp³-hybridized carbons (Fsp3) is 0.857. The number of hydrogen-bond donors (Lipinski definition) is 3. The van der Waals surface area contributed by atoms with Crippen LogP contribution in [0.1, 0.15) is 20.3 Å². The zero-order valence-electron chi connectivity index (χ0n) is 6.87. The lowest BCUT2D eigenvalue weighted by atomic mass is 10.2. The second kappa shape index (κ2) is 5.09. The van der Waals surface area contributed by atoms with E-state index in [9.17, 15) is 4.79 Å². The minimum Gasteiger partial charge on any atom is -0.391 e. The van der Waals surface area contributed by atoms with Crippen molar-refractivity contribution in [3.8, 4) is 0 Å². The SMILES string of the molecule is CCC(O)CNC(=O)C(C)O. The quantitative estimate of drug-likeness (QED) is 0.508. The van der Waals surface area contributed by atoms with E-state index in [2.05, 4.69) is 5.32 Å². The molecule has 4 heteroatoms. The van der Waals surface area contributed by atoms with Crippen molar-refractivity contribution in [2.45, 2.75) is 32.5 Å². The lowest BCUT2D eigenvalue weighted by molar-refractivity contribution is -0.128. The molecule has 0 rings (SSSR count). The Bertz CT molecular complexity index is 125. The van der Waals surface area contributed by atoms with E-state index < -0.39 is 18.1 Å². The lowest BCUT2D eigenvalue weighted by Gasteiger charge is -2.10. The Hall–Kier alpha value is -0.610. The summed E-state index contributed by atoms with van der Waals surface area (Å²) >= 11 is 0. The van der Waals surface area contributed by atoms with E-state index in [4.69, 9.17) is 10.2 Å². The zero-order valence-corrected chi connectivity index (χ0v) is 6.87. The van der Waals surface area contributed by atoms with E-state index in [1.54, 1.807) is 0 Å². The van der Waals surface area contributed by atoms with Crippen LogP contribution in [0.25, 0.3) is 0 Å². The van der Waals surface area contributed by atoms with Gasteiger partial charge in [0.2, 0.25) is 5.91 Å². The van der Waals surface area contributed by atoms with Crippen molar-refractivity contribution in [1.29, 1.82) is 0 Å². The molecule has 2 unspecified atom stereocenters. The van der Waals surface area contributed by atoms with Crippen LogP contribution in [-0.4, -0.2) is 34.9 Å². The smallest absolute Gasteiger partial charge is 0.248 e. The van der Waals surface area contributed by atoms with Crippen LogP contribution in [0.4, 0.5) is 0 Å². The summed E-state index contributed by atoms with van der Waals surface area (Å²) in [5.74, 6) is -0.447. The van der Waals surface area contributed by atoms with Crippen molar-refractivity contribution < 1.29 is 15.0 Å². The van der Waals surface area contributed by atoms with Gasteiger partial charge in [-0.05, 0) is 13.3 Å². The zero-order chi connectivity index (χ0) is 8.85. The second-order valence-corrected chi connectivity index (χ2v) is 2.48. The first-order valence-electron chi connectivity index (χ1n) is 3.71. The lowest BCUT2D eigenvalue weighted by Crippen LogP contribution is -2.37. The molecule has 0 aromatic heterocycles. The average Bonchev–Trinajstić information content (AvgIpc) is 1.99. The van der Waals surface area contributed by atoms with Gasteiger partial charge in [-0.3, -0.25) is 4.79 Å². The molecule has 0 aliphatic carbocycles. The number of rotatable bonds is 4. The van der Waals surface area contributed by atoms with Gasteiger partial charge in [0.15, 0.2) is 0 Å². The summed E-state index contributed by atoms with van der Waals surface area (Å²) in [5.41, 5.74) is 0. The standard InChI is InChI=1S/C7H15NO3/c1-3-6(10)4-8-7(11)5(2)9/h5-6,9-10H,3-4H2,1-2H3,(H,8,11). The van der Waals surface area contributed by atoms with Crippen LogP contribution in [0.3, 0.4) is 0 Å². The van der Waals surface area contributed by atoms with Gasteiger partial charge in [-0.1, -0.05) is 6.92 Å². The second-order valence-electron chi connectivity index (χ2n) is 2.48. The molecule has 0 saturated carbocycles. The van der Waals surface area contributed by atoms with Crippen molar-refractivity contribution in [2.24, 2.45) is 0 Å². The molecule has 0 aliphatic heterocycles. The number of carbonyl (C=O) groups excluding carboxylic acids is 1. The summed E-state index contributed by atoms with van der Waals surface area (Å²) in [6.07, 6.45) is -0.920. The molecule has 3 N–H and O–H groups in total. The van der Waals surface area contributed by atoms with Gasteiger partial charge in [-0.2, -0.15) is 0 Å². The molecule has 0 radical (unpaired) electrons. The molecule has 0 aromatic carbocycles. The molecule has 0 spiro atoms. The minimum atomic E-state index is -1.00. The molecule has 2 atom stereocenters. The highest BCUT2D eigenvalue weighted by molar-refractivity contribution is 5.79. The van der Waals surface area contributed by atoms with E-state index in [1.165, 1.54) is 6.92 Å². The topological polar surface area (TPSA) is 69.6 Å². The van der Waals surface area contributed by atoms with E-state index in [-0.39, 0.29) is 6.54 Å². The number of nitrogens with one attached hydrogen (secondary N) is 1. The Morgan fingerprint density at radius 3 is 2.45 bits per heavy atom. The third kappa shape index (κ3) is 4.75. The predicted molar refractivity (Wildman–Crippen MR) is 41.0 cm³/mol. The summed E-state index contributed by atoms with van der Waals surface area (Å²) in [6, 6.07) is 0. The van der Waals surface area contributed by atoms with Gasteiger partial charge in [0.05, 0.1) is 6.10 Å². The van der Waals surface area contributed by atoms with Gasteiger partial charge in [0.1, 0.15) is 6.10 Å². The predicted octanol–water partition coefficient (Wildman–Crippen LogP) is -0.746.